The van der Waals surface area contributed by atoms with E-state index in [1.54, 1.807) is 7.11 Å². The van der Waals surface area contributed by atoms with Crippen molar-refractivity contribution >= 4 is 5.69 Å². The second-order valence-electron chi connectivity index (χ2n) is 6.77. The van der Waals surface area contributed by atoms with Gasteiger partial charge in [-0.3, -0.25) is 0 Å². The summed E-state index contributed by atoms with van der Waals surface area (Å²) in [6.45, 7) is 7.83. The SMILES string of the molecule is COCc1cccc(NC2CCC(C)(C)CC2C)c1. The molecule has 1 aliphatic carbocycles. The highest BCUT2D eigenvalue weighted by Gasteiger charge is 2.32. The lowest BCUT2D eigenvalue weighted by atomic mass is 9.70. The predicted molar refractivity (Wildman–Crippen MR) is 81.4 cm³/mol. The zero-order chi connectivity index (χ0) is 13.9. The second kappa shape index (κ2) is 5.96. The predicted octanol–water partition coefficient (Wildman–Crippen LogP) is 4.46. The maximum absolute atomic E-state index is 5.19. The quantitative estimate of drug-likeness (QED) is 0.864. The molecule has 2 atom stereocenters. The van der Waals surface area contributed by atoms with Gasteiger partial charge in [0.2, 0.25) is 0 Å². The Kier molecular flexibility index (Phi) is 4.51. The second-order valence-corrected chi connectivity index (χ2v) is 6.77. The molecule has 19 heavy (non-hydrogen) atoms. The topological polar surface area (TPSA) is 21.3 Å². The van der Waals surface area contributed by atoms with Crippen LogP contribution >= 0.6 is 0 Å². The number of nitrogens with one attached hydrogen (secondary N) is 1. The van der Waals surface area contributed by atoms with E-state index < -0.39 is 0 Å². The van der Waals surface area contributed by atoms with Gasteiger partial charge >= 0.3 is 0 Å². The molecule has 2 rings (SSSR count). The van der Waals surface area contributed by atoms with Gasteiger partial charge in [-0.2, -0.15) is 0 Å². The number of ether oxygens (including phenoxy) is 1. The zero-order valence-electron chi connectivity index (χ0n) is 12.7. The Bertz CT molecular complexity index is 413. The van der Waals surface area contributed by atoms with Crippen molar-refractivity contribution in [1.82, 2.24) is 0 Å². The summed E-state index contributed by atoms with van der Waals surface area (Å²) >= 11 is 0. The van der Waals surface area contributed by atoms with Crippen LogP contribution in [-0.2, 0) is 11.3 Å². The minimum Gasteiger partial charge on any atom is -0.382 e. The molecular weight excluding hydrogens is 234 g/mol. The van der Waals surface area contributed by atoms with Crippen LogP contribution in [0.2, 0.25) is 0 Å². The molecule has 1 fully saturated rings. The maximum atomic E-state index is 5.19. The molecule has 0 aromatic heterocycles. The Labute approximate surface area is 117 Å². The van der Waals surface area contributed by atoms with Gasteiger partial charge in [0.1, 0.15) is 0 Å². The largest absolute Gasteiger partial charge is 0.382 e. The molecule has 0 amide bonds. The Hall–Kier alpha value is -1.02. The fraction of sp³-hybridized carbons (Fsp3) is 0.647. The summed E-state index contributed by atoms with van der Waals surface area (Å²) in [5.74, 6) is 0.731. The van der Waals surface area contributed by atoms with Crippen LogP contribution in [0, 0.1) is 11.3 Å². The number of anilines is 1. The van der Waals surface area contributed by atoms with Gasteiger partial charge in [0.05, 0.1) is 6.61 Å². The minimum absolute atomic E-state index is 0.509. The number of benzene rings is 1. The molecule has 2 heteroatoms. The van der Waals surface area contributed by atoms with Gasteiger partial charge in [-0.1, -0.05) is 32.9 Å². The summed E-state index contributed by atoms with van der Waals surface area (Å²) in [4.78, 5) is 0. The van der Waals surface area contributed by atoms with Crippen LogP contribution in [0.3, 0.4) is 0 Å². The molecule has 0 spiro atoms. The van der Waals surface area contributed by atoms with E-state index in [1.165, 1.54) is 30.5 Å². The van der Waals surface area contributed by atoms with Crippen molar-refractivity contribution in [2.45, 2.75) is 52.7 Å². The first-order chi connectivity index (χ1) is 9.00. The van der Waals surface area contributed by atoms with Gasteiger partial charge in [-0.15, -0.1) is 0 Å². The van der Waals surface area contributed by atoms with E-state index >= 15 is 0 Å². The summed E-state index contributed by atoms with van der Waals surface area (Å²) in [6.07, 6.45) is 3.89. The Morgan fingerprint density at radius 1 is 1.37 bits per heavy atom. The van der Waals surface area contributed by atoms with Crippen LogP contribution in [0.1, 0.15) is 45.6 Å². The lowest BCUT2D eigenvalue weighted by molar-refractivity contribution is 0.177. The first-order valence-electron chi connectivity index (χ1n) is 7.34. The molecule has 0 aliphatic heterocycles. The highest BCUT2D eigenvalue weighted by Crippen LogP contribution is 2.39. The summed E-state index contributed by atoms with van der Waals surface area (Å²) in [7, 11) is 1.74. The van der Waals surface area contributed by atoms with Crippen molar-refractivity contribution in [3.63, 3.8) is 0 Å². The number of rotatable bonds is 4. The highest BCUT2D eigenvalue weighted by atomic mass is 16.5. The zero-order valence-corrected chi connectivity index (χ0v) is 12.7. The van der Waals surface area contributed by atoms with Crippen LogP contribution in [0.5, 0.6) is 0 Å². The molecule has 1 aromatic rings. The van der Waals surface area contributed by atoms with Crippen LogP contribution < -0.4 is 5.32 Å². The Balaban J connectivity index is 1.99. The molecule has 2 unspecified atom stereocenters. The van der Waals surface area contributed by atoms with Gasteiger partial charge in [0.15, 0.2) is 0 Å². The smallest absolute Gasteiger partial charge is 0.0713 e. The fourth-order valence-corrected chi connectivity index (χ4v) is 3.29. The van der Waals surface area contributed by atoms with Crippen molar-refractivity contribution < 1.29 is 4.74 Å². The van der Waals surface area contributed by atoms with Gasteiger partial charge in [-0.05, 0) is 48.3 Å². The van der Waals surface area contributed by atoms with Gasteiger partial charge < -0.3 is 10.1 Å². The molecule has 1 N–H and O–H groups in total. The molecule has 0 bridgehead atoms. The molecule has 1 aromatic carbocycles. The summed E-state index contributed by atoms with van der Waals surface area (Å²) < 4.78 is 5.19. The van der Waals surface area contributed by atoms with E-state index in [9.17, 15) is 0 Å². The lowest BCUT2D eigenvalue weighted by Gasteiger charge is -2.40. The van der Waals surface area contributed by atoms with E-state index in [-0.39, 0.29) is 0 Å². The van der Waals surface area contributed by atoms with Crippen LogP contribution in [0.25, 0.3) is 0 Å². The monoisotopic (exact) mass is 261 g/mol. The van der Waals surface area contributed by atoms with E-state index in [0.29, 0.717) is 18.1 Å². The number of hydrogen-bond acceptors (Lipinski definition) is 2. The third-order valence-corrected chi connectivity index (χ3v) is 4.28. The van der Waals surface area contributed by atoms with Gasteiger partial charge in [-0.25, -0.2) is 0 Å². The third-order valence-electron chi connectivity index (χ3n) is 4.28. The third kappa shape index (κ3) is 3.97. The van der Waals surface area contributed by atoms with E-state index in [0.717, 1.165) is 5.92 Å². The van der Waals surface area contributed by atoms with Gasteiger partial charge in [0.25, 0.3) is 0 Å². The van der Waals surface area contributed by atoms with Crippen LogP contribution in [0.4, 0.5) is 5.69 Å². The minimum atomic E-state index is 0.509. The summed E-state index contributed by atoms with van der Waals surface area (Å²) in [5, 5.41) is 3.71. The van der Waals surface area contributed by atoms with Gasteiger partial charge in [0, 0.05) is 18.8 Å². The molecule has 0 saturated heterocycles. The first kappa shape index (κ1) is 14.4. The Morgan fingerprint density at radius 3 is 2.84 bits per heavy atom. The average Bonchev–Trinajstić information content (AvgIpc) is 2.33. The van der Waals surface area contributed by atoms with Crippen molar-refractivity contribution in [3.8, 4) is 0 Å². The molecule has 1 aliphatic rings. The molecule has 0 radical (unpaired) electrons. The summed E-state index contributed by atoms with van der Waals surface area (Å²) in [6, 6.07) is 9.18. The van der Waals surface area contributed by atoms with E-state index in [4.69, 9.17) is 4.74 Å². The average molecular weight is 261 g/mol. The van der Waals surface area contributed by atoms with Crippen molar-refractivity contribution in [2.75, 3.05) is 12.4 Å². The number of methoxy groups -OCH3 is 1. The van der Waals surface area contributed by atoms with Crippen LogP contribution in [-0.4, -0.2) is 13.2 Å². The fourth-order valence-electron chi connectivity index (χ4n) is 3.29. The van der Waals surface area contributed by atoms with Crippen molar-refractivity contribution in [3.05, 3.63) is 29.8 Å². The van der Waals surface area contributed by atoms with Crippen molar-refractivity contribution in [1.29, 1.82) is 0 Å². The van der Waals surface area contributed by atoms with Crippen molar-refractivity contribution in [2.24, 2.45) is 11.3 Å². The van der Waals surface area contributed by atoms with E-state index in [1.807, 2.05) is 0 Å². The Morgan fingerprint density at radius 2 is 2.16 bits per heavy atom. The molecular formula is C17H27NO. The summed E-state index contributed by atoms with van der Waals surface area (Å²) in [5.41, 5.74) is 2.97. The normalized spacial score (nSPS) is 26.1. The molecule has 0 heterocycles. The lowest BCUT2D eigenvalue weighted by Crippen LogP contribution is -2.36. The maximum Gasteiger partial charge on any atom is 0.0713 e. The molecule has 1 saturated carbocycles. The van der Waals surface area contributed by atoms with Crippen LogP contribution in [0.15, 0.2) is 24.3 Å². The molecule has 2 nitrogen and oxygen atoms in total. The highest BCUT2D eigenvalue weighted by molar-refractivity contribution is 5.46. The number of hydrogen-bond donors (Lipinski definition) is 1. The standard InChI is InChI=1S/C17H27NO/c1-13-11-17(2,3)9-8-16(13)18-15-7-5-6-14(10-15)12-19-4/h5-7,10,13,16,18H,8-9,11-12H2,1-4H3. The molecule has 106 valence electrons. The van der Waals surface area contributed by atoms with E-state index in [2.05, 4.69) is 50.4 Å². The first-order valence-corrected chi connectivity index (χ1v) is 7.34.